The highest BCUT2D eigenvalue weighted by Crippen LogP contribution is 2.27. The number of hydrogen-bond donors (Lipinski definition) is 1. The van der Waals surface area contributed by atoms with Crippen molar-refractivity contribution in [1.29, 1.82) is 0 Å². The first-order valence-corrected chi connectivity index (χ1v) is 6.94. The van der Waals surface area contributed by atoms with Crippen LogP contribution in [0.1, 0.15) is 33.1 Å². The number of hydrogen-bond acceptors (Lipinski definition) is 3. The lowest BCUT2D eigenvalue weighted by molar-refractivity contribution is -0.129. The molecule has 4 heteroatoms. The van der Waals surface area contributed by atoms with Crippen molar-refractivity contribution in [2.75, 3.05) is 17.2 Å². The van der Waals surface area contributed by atoms with Crippen LogP contribution in [0.5, 0.6) is 0 Å². The highest BCUT2D eigenvalue weighted by atomic mass is 16.5. The highest BCUT2D eigenvalue weighted by Gasteiger charge is 2.32. The van der Waals surface area contributed by atoms with Crippen molar-refractivity contribution in [3.63, 3.8) is 0 Å². The summed E-state index contributed by atoms with van der Waals surface area (Å²) in [5.74, 6) is 0.0316. The maximum Gasteiger partial charge on any atom is 0.256 e. The van der Waals surface area contributed by atoms with Crippen molar-refractivity contribution in [3.8, 4) is 0 Å². The van der Waals surface area contributed by atoms with Gasteiger partial charge in [0.05, 0.1) is 17.5 Å². The molecule has 19 heavy (non-hydrogen) atoms. The number of ether oxygens (including phenoxy) is 1. The third-order valence-corrected chi connectivity index (χ3v) is 3.45. The van der Waals surface area contributed by atoms with Gasteiger partial charge < -0.3 is 15.4 Å². The highest BCUT2D eigenvalue weighted by molar-refractivity contribution is 5.99. The molecule has 0 spiro atoms. The minimum absolute atomic E-state index is 0.0316. The van der Waals surface area contributed by atoms with E-state index in [1.54, 1.807) is 4.90 Å². The van der Waals surface area contributed by atoms with Crippen molar-refractivity contribution < 1.29 is 9.53 Å². The number of carbonyl (C=O) groups excluding carboxylic acids is 1. The Morgan fingerprint density at radius 3 is 2.74 bits per heavy atom. The van der Waals surface area contributed by atoms with Crippen molar-refractivity contribution in [3.05, 3.63) is 24.3 Å². The van der Waals surface area contributed by atoms with Crippen LogP contribution in [-0.4, -0.2) is 24.7 Å². The maximum absolute atomic E-state index is 12.6. The smallest absolute Gasteiger partial charge is 0.256 e. The number of nitrogen functional groups attached to an aromatic ring is 1. The van der Waals surface area contributed by atoms with E-state index in [0.717, 1.165) is 24.9 Å². The van der Waals surface area contributed by atoms with Gasteiger partial charge in [-0.25, -0.2) is 0 Å². The Morgan fingerprint density at radius 1 is 1.42 bits per heavy atom. The summed E-state index contributed by atoms with van der Waals surface area (Å²) in [6.07, 6.45) is 2.49. The molecule has 2 N–H and O–H groups in total. The van der Waals surface area contributed by atoms with Crippen LogP contribution in [0.4, 0.5) is 11.4 Å². The maximum atomic E-state index is 12.6. The number of nitrogens with two attached hydrogens (primary N) is 1. The molecule has 2 unspecified atom stereocenters. The monoisotopic (exact) mass is 262 g/mol. The lowest BCUT2D eigenvalue weighted by atomic mass is 10.1. The van der Waals surface area contributed by atoms with Gasteiger partial charge in [0.2, 0.25) is 0 Å². The molecular formula is C15H22N2O2. The number of carbonyl (C=O) groups is 1. The van der Waals surface area contributed by atoms with Crippen molar-refractivity contribution in [1.82, 2.24) is 0 Å². The zero-order valence-corrected chi connectivity index (χ0v) is 11.6. The molecule has 0 saturated carbocycles. The second-order valence-corrected chi connectivity index (χ2v) is 5.06. The Balaban J connectivity index is 2.20. The van der Waals surface area contributed by atoms with E-state index in [9.17, 15) is 4.79 Å². The average Bonchev–Trinajstić information content (AvgIpc) is 2.83. The standard InChI is InChI=1S/C15H22N2O2/c1-3-10-17(13-7-5-4-6-12(13)16)15(18)14-9-8-11(2)19-14/h4-7,11,14H,3,8-10,16H2,1-2H3. The van der Waals surface area contributed by atoms with E-state index in [0.29, 0.717) is 12.2 Å². The summed E-state index contributed by atoms with van der Waals surface area (Å²) in [4.78, 5) is 14.3. The molecule has 1 heterocycles. The molecule has 1 amide bonds. The Morgan fingerprint density at radius 2 is 2.16 bits per heavy atom. The van der Waals surface area contributed by atoms with E-state index in [2.05, 4.69) is 6.92 Å². The molecule has 1 aliphatic heterocycles. The van der Waals surface area contributed by atoms with Crippen LogP contribution in [-0.2, 0) is 9.53 Å². The fourth-order valence-corrected chi connectivity index (χ4v) is 2.46. The zero-order chi connectivity index (χ0) is 13.8. The predicted octanol–water partition coefficient (Wildman–Crippen LogP) is 2.58. The van der Waals surface area contributed by atoms with Crippen LogP contribution >= 0.6 is 0 Å². The molecule has 0 radical (unpaired) electrons. The van der Waals surface area contributed by atoms with Crippen LogP contribution in [0.3, 0.4) is 0 Å². The van der Waals surface area contributed by atoms with Gasteiger partial charge in [0.1, 0.15) is 6.10 Å². The third kappa shape index (κ3) is 3.07. The van der Waals surface area contributed by atoms with Gasteiger partial charge in [-0.3, -0.25) is 4.79 Å². The lowest BCUT2D eigenvalue weighted by Crippen LogP contribution is -2.40. The van der Waals surface area contributed by atoms with Crippen LogP contribution < -0.4 is 10.6 Å². The van der Waals surface area contributed by atoms with Gasteiger partial charge in [0.15, 0.2) is 0 Å². The summed E-state index contributed by atoms with van der Waals surface area (Å²) in [6.45, 7) is 4.73. The van der Waals surface area contributed by atoms with Gasteiger partial charge in [0, 0.05) is 6.54 Å². The van der Waals surface area contributed by atoms with Gasteiger partial charge in [0.25, 0.3) is 5.91 Å². The van der Waals surface area contributed by atoms with Gasteiger partial charge in [-0.1, -0.05) is 19.1 Å². The van der Waals surface area contributed by atoms with Gasteiger partial charge in [-0.2, -0.15) is 0 Å². The molecule has 1 saturated heterocycles. The average molecular weight is 262 g/mol. The van der Waals surface area contributed by atoms with Crippen LogP contribution in [0.15, 0.2) is 24.3 Å². The molecule has 104 valence electrons. The fraction of sp³-hybridized carbons (Fsp3) is 0.533. The van der Waals surface area contributed by atoms with Gasteiger partial charge in [-0.05, 0) is 38.3 Å². The van der Waals surface area contributed by atoms with Crippen molar-refractivity contribution in [2.24, 2.45) is 0 Å². The summed E-state index contributed by atoms with van der Waals surface area (Å²) in [7, 11) is 0. The van der Waals surface area contributed by atoms with E-state index in [-0.39, 0.29) is 18.1 Å². The summed E-state index contributed by atoms with van der Waals surface area (Å²) in [5.41, 5.74) is 7.40. The van der Waals surface area contributed by atoms with E-state index < -0.39 is 0 Å². The SMILES string of the molecule is CCCN(C(=O)C1CCC(C)O1)c1ccccc1N. The first kappa shape index (κ1) is 13.9. The largest absolute Gasteiger partial charge is 0.397 e. The molecular weight excluding hydrogens is 240 g/mol. The number of anilines is 2. The molecule has 2 atom stereocenters. The quantitative estimate of drug-likeness (QED) is 0.848. The first-order valence-electron chi connectivity index (χ1n) is 6.94. The number of benzene rings is 1. The van der Waals surface area contributed by atoms with Crippen LogP contribution in [0, 0.1) is 0 Å². The van der Waals surface area contributed by atoms with Gasteiger partial charge >= 0.3 is 0 Å². The number of para-hydroxylation sites is 2. The van der Waals surface area contributed by atoms with Gasteiger partial charge in [-0.15, -0.1) is 0 Å². The topological polar surface area (TPSA) is 55.6 Å². The normalized spacial score (nSPS) is 22.4. The van der Waals surface area contributed by atoms with E-state index in [1.807, 2.05) is 31.2 Å². The Bertz CT molecular complexity index is 448. The minimum Gasteiger partial charge on any atom is -0.397 e. The Labute approximate surface area is 114 Å². The van der Waals surface area contributed by atoms with Crippen molar-refractivity contribution in [2.45, 2.75) is 45.3 Å². The molecule has 0 bridgehead atoms. The zero-order valence-electron chi connectivity index (χ0n) is 11.6. The van der Waals surface area contributed by atoms with E-state index in [4.69, 9.17) is 10.5 Å². The van der Waals surface area contributed by atoms with Crippen LogP contribution in [0.25, 0.3) is 0 Å². The fourth-order valence-electron chi connectivity index (χ4n) is 2.46. The predicted molar refractivity (Wildman–Crippen MR) is 77.1 cm³/mol. The molecule has 0 aliphatic carbocycles. The molecule has 1 fully saturated rings. The van der Waals surface area contributed by atoms with Crippen molar-refractivity contribution >= 4 is 17.3 Å². The molecule has 4 nitrogen and oxygen atoms in total. The molecule has 1 aliphatic rings. The van der Waals surface area contributed by atoms with Crippen LogP contribution in [0.2, 0.25) is 0 Å². The number of amides is 1. The Kier molecular flexibility index (Phi) is 4.43. The summed E-state index contributed by atoms with van der Waals surface area (Å²) in [5, 5.41) is 0. The third-order valence-electron chi connectivity index (χ3n) is 3.45. The van der Waals surface area contributed by atoms with E-state index in [1.165, 1.54) is 0 Å². The minimum atomic E-state index is -0.318. The molecule has 1 aromatic carbocycles. The number of nitrogens with zero attached hydrogens (tertiary/aromatic N) is 1. The summed E-state index contributed by atoms with van der Waals surface area (Å²) in [6, 6.07) is 7.49. The Hall–Kier alpha value is -1.55. The second-order valence-electron chi connectivity index (χ2n) is 5.06. The molecule has 2 rings (SSSR count). The second kappa shape index (κ2) is 6.06. The summed E-state index contributed by atoms with van der Waals surface area (Å²) >= 11 is 0. The molecule has 0 aromatic heterocycles. The molecule has 1 aromatic rings. The number of rotatable bonds is 4. The van der Waals surface area contributed by atoms with E-state index >= 15 is 0 Å². The summed E-state index contributed by atoms with van der Waals surface area (Å²) < 4.78 is 5.68. The lowest BCUT2D eigenvalue weighted by Gasteiger charge is -2.26. The first-order chi connectivity index (χ1) is 9.13.